The topological polar surface area (TPSA) is 123 Å². The quantitative estimate of drug-likeness (QED) is 0.453. The van der Waals surface area contributed by atoms with Crippen LogP contribution >= 0.6 is 11.6 Å². The molecule has 2 N–H and O–H groups in total. The molecule has 0 fully saturated rings. The lowest BCUT2D eigenvalue weighted by Gasteiger charge is -2.25. The molecule has 1 atom stereocenters. The second-order valence-electron chi connectivity index (χ2n) is 7.10. The summed E-state index contributed by atoms with van der Waals surface area (Å²) in [7, 11) is -1.49. The van der Waals surface area contributed by atoms with Crippen molar-refractivity contribution in [3.8, 4) is 22.8 Å². The highest BCUT2D eigenvalue weighted by molar-refractivity contribution is 7.91. The van der Waals surface area contributed by atoms with Crippen LogP contribution in [0.3, 0.4) is 0 Å². The first kappa shape index (κ1) is 22.2. The Morgan fingerprint density at radius 3 is 2.84 bits per heavy atom. The monoisotopic (exact) mass is 477 g/mol. The fourth-order valence-electron chi connectivity index (χ4n) is 3.28. The molecule has 0 bridgehead atoms. The van der Waals surface area contributed by atoms with Gasteiger partial charge in [-0.1, -0.05) is 16.8 Å². The highest BCUT2D eigenvalue weighted by Gasteiger charge is 2.26. The lowest BCUT2D eigenvalue weighted by atomic mass is 10.1. The zero-order chi connectivity index (χ0) is 22.7. The first-order chi connectivity index (χ1) is 15.4. The van der Waals surface area contributed by atoms with Gasteiger partial charge in [0.25, 0.3) is 0 Å². The molecule has 1 aliphatic heterocycles. The Morgan fingerprint density at radius 2 is 2.09 bits per heavy atom. The van der Waals surface area contributed by atoms with Crippen molar-refractivity contribution in [2.75, 3.05) is 20.1 Å². The van der Waals surface area contributed by atoms with Crippen LogP contribution in [-0.4, -0.2) is 49.7 Å². The molecular weight excluding hydrogens is 457 g/mol. The molecule has 32 heavy (non-hydrogen) atoms. The third-order valence-corrected chi connectivity index (χ3v) is 7.45. The first-order valence-electron chi connectivity index (χ1n) is 9.83. The summed E-state index contributed by atoms with van der Waals surface area (Å²) >= 11 is 5.82. The van der Waals surface area contributed by atoms with E-state index in [1.807, 2.05) is 0 Å². The average molecular weight is 478 g/mol. The van der Waals surface area contributed by atoms with Crippen LogP contribution in [0, 0.1) is 5.82 Å². The number of halogens is 2. The van der Waals surface area contributed by atoms with Gasteiger partial charge in [0.1, 0.15) is 15.7 Å². The minimum absolute atomic E-state index is 0.125. The molecular formula is C20H21ClFN7O2S. The van der Waals surface area contributed by atoms with Crippen molar-refractivity contribution < 1.29 is 13.1 Å². The summed E-state index contributed by atoms with van der Waals surface area (Å²) in [6.07, 6.45) is 4.46. The first-order valence-corrected chi connectivity index (χ1v) is 11.9. The van der Waals surface area contributed by atoms with Crippen molar-refractivity contribution in [1.82, 2.24) is 19.4 Å². The third-order valence-electron chi connectivity index (χ3n) is 4.92. The fourth-order valence-corrected chi connectivity index (χ4v) is 5.60. The van der Waals surface area contributed by atoms with E-state index in [0.717, 1.165) is 12.8 Å². The number of aromatic nitrogens is 3. The maximum absolute atomic E-state index is 14.7. The van der Waals surface area contributed by atoms with Crippen LogP contribution in [0.2, 0.25) is 5.02 Å². The van der Waals surface area contributed by atoms with Crippen molar-refractivity contribution in [3.05, 3.63) is 53.1 Å². The molecule has 0 saturated heterocycles. The molecule has 0 amide bonds. The molecule has 0 saturated carbocycles. The van der Waals surface area contributed by atoms with E-state index in [2.05, 4.69) is 24.5 Å². The Balaban J connectivity index is 1.67. The van der Waals surface area contributed by atoms with Gasteiger partial charge in [0.05, 0.1) is 17.3 Å². The Hall–Kier alpha value is -3.05. The second-order valence-corrected chi connectivity index (χ2v) is 9.74. The predicted octanol–water partition coefficient (Wildman–Crippen LogP) is 3.51. The maximum Gasteiger partial charge on any atom is 0.203 e. The number of hydrogen-bond acceptors (Lipinski definition) is 7. The summed E-state index contributed by atoms with van der Waals surface area (Å²) < 4.78 is 39.7. The number of rotatable bonds is 4. The lowest BCUT2D eigenvalue weighted by Crippen LogP contribution is -2.42. The van der Waals surface area contributed by atoms with Gasteiger partial charge in [0.15, 0.2) is 17.3 Å². The Kier molecular flexibility index (Phi) is 6.38. The van der Waals surface area contributed by atoms with Crippen LogP contribution < -0.4 is 5.73 Å². The molecule has 0 radical (unpaired) electrons. The molecule has 2 aromatic heterocycles. The van der Waals surface area contributed by atoms with Gasteiger partial charge in [-0.3, -0.25) is 9.30 Å². The van der Waals surface area contributed by atoms with E-state index in [4.69, 9.17) is 21.9 Å². The summed E-state index contributed by atoms with van der Waals surface area (Å²) in [5, 5.41) is 4.38. The van der Waals surface area contributed by atoms with Gasteiger partial charge in [0.2, 0.25) is 5.96 Å². The SMILES string of the molecule is CN=C(N)N1CCCCN=S1(=O)Cc1cc(-c2cc(-c3ncc(Cl)cn3)no2)ccc1F. The van der Waals surface area contributed by atoms with Crippen LogP contribution in [0.25, 0.3) is 22.8 Å². The van der Waals surface area contributed by atoms with Crippen molar-refractivity contribution >= 4 is 27.5 Å². The number of nitrogens with zero attached hydrogens (tertiary/aromatic N) is 6. The van der Waals surface area contributed by atoms with E-state index in [1.165, 1.54) is 29.8 Å². The number of hydrogen-bond donors (Lipinski definition) is 1. The molecule has 4 rings (SSSR count). The second kappa shape index (κ2) is 9.21. The maximum atomic E-state index is 14.7. The molecule has 3 aromatic rings. The summed E-state index contributed by atoms with van der Waals surface area (Å²) in [5.74, 6) is 0.226. The molecule has 9 nitrogen and oxygen atoms in total. The lowest BCUT2D eigenvalue weighted by molar-refractivity contribution is 0.434. The number of aliphatic imine (C=N–C) groups is 1. The van der Waals surface area contributed by atoms with Gasteiger partial charge in [-0.25, -0.2) is 22.9 Å². The van der Waals surface area contributed by atoms with E-state index in [9.17, 15) is 8.60 Å². The third kappa shape index (κ3) is 4.58. The Bertz CT molecular complexity index is 1270. The van der Waals surface area contributed by atoms with E-state index >= 15 is 0 Å². The van der Waals surface area contributed by atoms with Gasteiger partial charge in [-0.2, -0.15) is 0 Å². The van der Waals surface area contributed by atoms with Gasteiger partial charge in [0, 0.05) is 43.2 Å². The zero-order valence-corrected chi connectivity index (χ0v) is 18.8. The smallest absolute Gasteiger partial charge is 0.203 e. The van der Waals surface area contributed by atoms with Gasteiger partial charge in [-0.05, 0) is 31.0 Å². The summed E-state index contributed by atoms with van der Waals surface area (Å²) in [6.45, 7) is 0.861. The van der Waals surface area contributed by atoms with Crippen LogP contribution in [0.4, 0.5) is 4.39 Å². The van der Waals surface area contributed by atoms with Gasteiger partial charge < -0.3 is 10.3 Å². The van der Waals surface area contributed by atoms with Crippen LogP contribution in [0.1, 0.15) is 18.4 Å². The number of nitrogens with two attached hydrogens (primary N) is 1. The summed E-state index contributed by atoms with van der Waals surface area (Å²) in [5.41, 5.74) is 7.17. The largest absolute Gasteiger partial charge is 0.369 e. The normalized spacial score (nSPS) is 19.5. The molecule has 12 heteroatoms. The predicted molar refractivity (Wildman–Crippen MR) is 121 cm³/mol. The standard InChI is InChI=1S/C20H21ClFN7O2S/c1-24-20(23)29-7-3-2-6-27-32(29,30)12-14-8-13(4-5-16(14)22)18-9-17(28-31-18)19-25-10-15(21)11-26-19/h4-5,8-11H,2-3,6-7,12H2,1H3,(H2,23,24). The molecule has 168 valence electrons. The van der Waals surface area contributed by atoms with Gasteiger partial charge >= 0.3 is 0 Å². The Morgan fingerprint density at radius 1 is 1.31 bits per heavy atom. The van der Waals surface area contributed by atoms with Crippen LogP contribution in [-0.2, 0) is 15.7 Å². The minimum atomic E-state index is -3.01. The molecule has 1 unspecified atom stereocenters. The molecule has 0 spiro atoms. The van der Waals surface area contributed by atoms with E-state index in [-0.39, 0.29) is 17.3 Å². The minimum Gasteiger partial charge on any atom is -0.369 e. The van der Waals surface area contributed by atoms with Crippen molar-refractivity contribution in [1.29, 1.82) is 0 Å². The van der Waals surface area contributed by atoms with E-state index < -0.39 is 15.7 Å². The van der Waals surface area contributed by atoms with Crippen LogP contribution in [0.15, 0.2) is 50.5 Å². The van der Waals surface area contributed by atoms with Gasteiger partial charge in [-0.15, -0.1) is 0 Å². The van der Waals surface area contributed by atoms with E-state index in [1.54, 1.807) is 18.2 Å². The fraction of sp³-hybridized carbons (Fsp3) is 0.300. The highest BCUT2D eigenvalue weighted by atomic mass is 35.5. The molecule has 1 aliphatic rings. The van der Waals surface area contributed by atoms with E-state index in [0.29, 0.717) is 41.0 Å². The Labute approximate surface area is 189 Å². The summed E-state index contributed by atoms with van der Waals surface area (Å²) in [6, 6.07) is 6.08. The summed E-state index contributed by atoms with van der Waals surface area (Å²) in [4.78, 5) is 12.2. The van der Waals surface area contributed by atoms with Crippen molar-refractivity contribution in [2.24, 2.45) is 15.1 Å². The van der Waals surface area contributed by atoms with Crippen LogP contribution in [0.5, 0.6) is 0 Å². The molecule has 0 aliphatic carbocycles. The average Bonchev–Trinajstić information content (AvgIpc) is 3.20. The van der Waals surface area contributed by atoms with Crippen molar-refractivity contribution in [2.45, 2.75) is 18.6 Å². The highest BCUT2D eigenvalue weighted by Crippen LogP contribution is 2.28. The molecule has 3 heterocycles. The van der Waals surface area contributed by atoms with Crippen molar-refractivity contribution in [3.63, 3.8) is 0 Å². The number of guanidine groups is 1. The zero-order valence-electron chi connectivity index (χ0n) is 17.2. The molecule has 1 aromatic carbocycles. The number of benzene rings is 1.